The SMILES string of the molecule is Cc1cccc(N2CCN(C(=O)c3sccc3S(=O)(=O)N3CCc4ccccc4C3)CC2)c1C. The Labute approximate surface area is 205 Å². The first-order valence-corrected chi connectivity index (χ1v) is 13.9. The molecule has 0 bridgehead atoms. The molecule has 2 aliphatic rings. The predicted molar refractivity (Wildman–Crippen MR) is 136 cm³/mol. The molecule has 0 spiro atoms. The number of sulfonamides is 1. The van der Waals surface area contributed by atoms with Crippen molar-refractivity contribution in [2.24, 2.45) is 0 Å². The van der Waals surface area contributed by atoms with Crippen LogP contribution in [0.25, 0.3) is 0 Å². The second-order valence-electron chi connectivity index (χ2n) is 8.97. The Morgan fingerprint density at radius 1 is 0.882 bits per heavy atom. The highest BCUT2D eigenvalue weighted by molar-refractivity contribution is 7.89. The number of anilines is 1. The van der Waals surface area contributed by atoms with Crippen LogP contribution >= 0.6 is 11.3 Å². The molecule has 0 N–H and O–H groups in total. The number of fused-ring (bicyclic) bond motifs is 1. The number of aryl methyl sites for hydroxylation is 1. The first-order chi connectivity index (χ1) is 16.4. The van der Waals surface area contributed by atoms with Gasteiger partial charge < -0.3 is 9.80 Å². The van der Waals surface area contributed by atoms with Crippen molar-refractivity contribution in [2.75, 3.05) is 37.6 Å². The molecule has 1 saturated heterocycles. The van der Waals surface area contributed by atoms with Crippen molar-refractivity contribution in [3.8, 4) is 0 Å². The third kappa shape index (κ3) is 4.15. The molecule has 0 aliphatic carbocycles. The Morgan fingerprint density at radius 2 is 1.62 bits per heavy atom. The zero-order valence-corrected chi connectivity index (χ0v) is 21.2. The number of hydrogen-bond donors (Lipinski definition) is 0. The van der Waals surface area contributed by atoms with E-state index in [1.807, 2.05) is 18.2 Å². The number of carbonyl (C=O) groups excluding carboxylic acids is 1. The van der Waals surface area contributed by atoms with E-state index in [1.54, 1.807) is 16.3 Å². The lowest BCUT2D eigenvalue weighted by Crippen LogP contribution is -2.49. The molecule has 3 aromatic rings. The summed E-state index contributed by atoms with van der Waals surface area (Å²) in [6.45, 7) is 7.61. The lowest BCUT2D eigenvalue weighted by atomic mass is 10.0. The Balaban J connectivity index is 1.32. The molecule has 0 saturated carbocycles. The van der Waals surface area contributed by atoms with Gasteiger partial charge in [0.25, 0.3) is 5.91 Å². The molecule has 0 unspecified atom stereocenters. The molecular formula is C26H29N3O3S2. The molecule has 1 amide bonds. The molecule has 8 heteroatoms. The van der Waals surface area contributed by atoms with Gasteiger partial charge in [-0.2, -0.15) is 4.31 Å². The summed E-state index contributed by atoms with van der Waals surface area (Å²) >= 11 is 1.22. The minimum absolute atomic E-state index is 0.138. The van der Waals surface area contributed by atoms with Crippen molar-refractivity contribution in [1.29, 1.82) is 0 Å². The maximum Gasteiger partial charge on any atom is 0.265 e. The van der Waals surface area contributed by atoms with Gasteiger partial charge in [-0.25, -0.2) is 8.42 Å². The highest BCUT2D eigenvalue weighted by Crippen LogP contribution is 2.31. The lowest BCUT2D eigenvalue weighted by Gasteiger charge is -2.37. The fraction of sp³-hybridized carbons (Fsp3) is 0.346. The van der Waals surface area contributed by atoms with Crippen LogP contribution in [0.5, 0.6) is 0 Å². The summed E-state index contributed by atoms with van der Waals surface area (Å²) in [5.41, 5.74) is 5.94. The average molecular weight is 496 g/mol. The van der Waals surface area contributed by atoms with E-state index in [-0.39, 0.29) is 10.8 Å². The second-order valence-corrected chi connectivity index (χ2v) is 11.8. The van der Waals surface area contributed by atoms with Crippen LogP contribution in [0.2, 0.25) is 0 Å². The number of piperazine rings is 1. The molecule has 0 radical (unpaired) electrons. The van der Waals surface area contributed by atoms with Crippen LogP contribution in [0.1, 0.15) is 31.9 Å². The van der Waals surface area contributed by atoms with Crippen LogP contribution in [0.3, 0.4) is 0 Å². The van der Waals surface area contributed by atoms with Gasteiger partial charge in [0.15, 0.2) is 0 Å². The van der Waals surface area contributed by atoms with Gasteiger partial charge in [0.2, 0.25) is 10.0 Å². The van der Waals surface area contributed by atoms with Crippen LogP contribution in [-0.4, -0.2) is 56.3 Å². The standard InChI is InChI=1S/C26H29N3O3S2/c1-19-6-5-9-23(20(19)2)27-13-15-28(16-14-27)26(30)25-24(11-17-33-25)34(31,32)29-12-10-21-7-3-4-8-22(21)18-29/h3-9,11,17H,10,12-16,18H2,1-2H3. The van der Waals surface area contributed by atoms with Gasteiger partial charge in [0.05, 0.1) is 0 Å². The first kappa shape index (κ1) is 23.1. The van der Waals surface area contributed by atoms with Gasteiger partial charge in [0.1, 0.15) is 9.77 Å². The molecular weight excluding hydrogens is 466 g/mol. The zero-order chi connectivity index (χ0) is 23.9. The van der Waals surface area contributed by atoms with Crippen molar-refractivity contribution in [3.63, 3.8) is 0 Å². The minimum atomic E-state index is -3.75. The first-order valence-electron chi connectivity index (χ1n) is 11.6. The van der Waals surface area contributed by atoms with E-state index in [4.69, 9.17) is 0 Å². The van der Waals surface area contributed by atoms with Crippen molar-refractivity contribution in [1.82, 2.24) is 9.21 Å². The summed E-state index contributed by atoms with van der Waals surface area (Å²) in [7, 11) is -3.75. The maximum atomic E-state index is 13.5. The molecule has 5 rings (SSSR count). The van der Waals surface area contributed by atoms with Crippen LogP contribution in [0.4, 0.5) is 5.69 Å². The highest BCUT2D eigenvalue weighted by Gasteiger charge is 2.34. The van der Waals surface area contributed by atoms with Crippen molar-refractivity contribution < 1.29 is 13.2 Å². The maximum absolute atomic E-state index is 13.5. The molecule has 1 fully saturated rings. The highest BCUT2D eigenvalue weighted by atomic mass is 32.2. The van der Waals surface area contributed by atoms with Crippen molar-refractivity contribution in [3.05, 3.63) is 81.0 Å². The smallest absolute Gasteiger partial charge is 0.265 e. The Morgan fingerprint density at radius 3 is 2.38 bits per heavy atom. The van der Waals surface area contributed by atoms with Gasteiger partial charge in [-0.15, -0.1) is 11.3 Å². The monoisotopic (exact) mass is 495 g/mol. The fourth-order valence-corrected chi connectivity index (χ4v) is 7.62. The van der Waals surface area contributed by atoms with Gasteiger partial charge in [-0.3, -0.25) is 4.79 Å². The quantitative estimate of drug-likeness (QED) is 0.547. The fourth-order valence-electron chi connectivity index (χ4n) is 4.84. The van der Waals surface area contributed by atoms with Gasteiger partial charge >= 0.3 is 0 Å². The number of benzene rings is 2. The number of nitrogens with zero attached hydrogens (tertiary/aromatic N) is 3. The molecule has 2 aromatic carbocycles. The molecule has 1 aromatic heterocycles. The molecule has 178 valence electrons. The molecule has 3 heterocycles. The third-order valence-electron chi connectivity index (χ3n) is 7.02. The second kappa shape index (κ2) is 9.17. The molecule has 6 nitrogen and oxygen atoms in total. The average Bonchev–Trinajstić information content (AvgIpc) is 3.36. The normalized spacial score (nSPS) is 17.0. The number of carbonyl (C=O) groups is 1. The van der Waals surface area contributed by atoms with E-state index in [9.17, 15) is 13.2 Å². The zero-order valence-electron chi connectivity index (χ0n) is 19.5. The largest absolute Gasteiger partial charge is 0.368 e. The summed E-state index contributed by atoms with van der Waals surface area (Å²) < 4.78 is 28.6. The van der Waals surface area contributed by atoms with Gasteiger partial charge in [-0.1, -0.05) is 36.4 Å². The van der Waals surface area contributed by atoms with Crippen molar-refractivity contribution >= 4 is 33.0 Å². The minimum Gasteiger partial charge on any atom is -0.368 e. The van der Waals surface area contributed by atoms with E-state index in [2.05, 4.69) is 43.0 Å². The Kier molecular flexibility index (Phi) is 6.22. The van der Waals surface area contributed by atoms with Crippen LogP contribution < -0.4 is 4.90 Å². The Bertz CT molecular complexity index is 1320. The summed E-state index contributed by atoms with van der Waals surface area (Å²) in [6.07, 6.45) is 0.684. The number of thiophene rings is 1. The third-order valence-corrected chi connectivity index (χ3v) is 9.94. The summed E-state index contributed by atoms with van der Waals surface area (Å²) in [6, 6.07) is 15.8. The lowest BCUT2D eigenvalue weighted by molar-refractivity contribution is 0.0748. The van der Waals surface area contributed by atoms with E-state index < -0.39 is 10.0 Å². The predicted octanol–water partition coefficient (Wildman–Crippen LogP) is 4.07. The van der Waals surface area contributed by atoms with Gasteiger partial charge in [0, 0.05) is 45.0 Å². The van der Waals surface area contributed by atoms with Crippen LogP contribution in [0.15, 0.2) is 58.8 Å². The van der Waals surface area contributed by atoms with Crippen molar-refractivity contribution in [2.45, 2.75) is 31.7 Å². The summed E-state index contributed by atoms with van der Waals surface area (Å²) in [4.78, 5) is 18.0. The van der Waals surface area contributed by atoms with E-state index in [1.165, 1.54) is 38.0 Å². The van der Waals surface area contributed by atoms with Crippen LogP contribution in [-0.2, 0) is 23.0 Å². The molecule has 0 atom stereocenters. The van der Waals surface area contributed by atoms with Crippen LogP contribution in [0, 0.1) is 13.8 Å². The topological polar surface area (TPSA) is 60.9 Å². The summed E-state index contributed by atoms with van der Waals surface area (Å²) in [5.74, 6) is -0.188. The van der Waals surface area contributed by atoms with E-state index in [0.717, 1.165) is 18.7 Å². The van der Waals surface area contributed by atoms with Gasteiger partial charge in [-0.05, 0) is 60.0 Å². The number of hydrogen-bond acceptors (Lipinski definition) is 5. The molecule has 34 heavy (non-hydrogen) atoms. The summed E-state index contributed by atoms with van der Waals surface area (Å²) in [5, 5.41) is 1.71. The molecule has 2 aliphatic heterocycles. The number of amides is 1. The van der Waals surface area contributed by atoms with E-state index in [0.29, 0.717) is 37.5 Å². The Hall–Kier alpha value is -2.68. The van der Waals surface area contributed by atoms with E-state index >= 15 is 0 Å². The number of rotatable bonds is 4.